The lowest BCUT2D eigenvalue weighted by atomic mass is 10.1. The van der Waals surface area contributed by atoms with E-state index in [0.717, 1.165) is 0 Å². The SMILES string of the molecule is COc1cccc(OC)c1C(=O)Nc1cnc(Br)cn1. The van der Waals surface area contributed by atoms with Gasteiger partial charge in [0.1, 0.15) is 21.7 Å². The topological polar surface area (TPSA) is 73.3 Å². The number of aromatic nitrogens is 2. The number of amides is 1. The number of carbonyl (C=O) groups is 1. The molecule has 0 atom stereocenters. The molecule has 1 aromatic carbocycles. The molecule has 0 saturated heterocycles. The van der Waals surface area contributed by atoms with Crippen LogP contribution in [0.2, 0.25) is 0 Å². The van der Waals surface area contributed by atoms with Gasteiger partial charge in [0.05, 0.1) is 26.6 Å². The Hall–Kier alpha value is -2.15. The predicted octanol–water partition coefficient (Wildman–Crippen LogP) is 2.51. The first-order valence-corrected chi connectivity index (χ1v) is 6.45. The summed E-state index contributed by atoms with van der Waals surface area (Å²) in [6, 6.07) is 5.11. The monoisotopic (exact) mass is 337 g/mol. The first kappa shape index (κ1) is 14.3. The van der Waals surface area contributed by atoms with E-state index in [1.54, 1.807) is 18.2 Å². The fourth-order valence-corrected chi connectivity index (χ4v) is 1.84. The number of hydrogen-bond donors (Lipinski definition) is 1. The van der Waals surface area contributed by atoms with Crippen molar-refractivity contribution in [3.8, 4) is 11.5 Å². The average Bonchev–Trinajstić information content (AvgIpc) is 2.48. The number of halogens is 1. The lowest BCUT2D eigenvalue weighted by Gasteiger charge is -2.12. The van der Waals surface area contributed by atoms with Crippen LogP contribution in [0.15, 0.2) is 35.2 Å². The molecule has 2 rings (SSSR count). The number of anilines is 1. The van der Waals surface area contributed by atoms with E-state index in [1.165, 1.54) is 26.6 Å². The molecule has 2 aromatic rings. The normalized spacial score (nSPS) is 9.95. The number of methoxy groups -OCH3 is 2. The molecule has 6 nitrogen and oxygen atoms in total. The lowest BCUT2D eigenvalue weighted by Crippen LogP contribution is -2.15. The van der Waals surface area contributed by atoms with Crippen LogP contribution in [0.1, 0.15) is 10.4 Å². The molecule has 0 aliphatic heterocycles. The lowest BCUT2D eigenvalue weighted by molar-refractivity contribution is 0.102. The molecular formula is C13H12BrN3O3. The second-order valence-electron chi connectivity index (χ2n) is 3.72. The third kappa shape index (κ3) is 3.05. The number of hydrogen-bond acceptors (Lipinski definition) is 5. The van der Waals surface area contributed by atoms with Crippen LogP contribution in [-0.4, -0.2) is 30.1 Å². The summed E-state index contributed by atoms with van der Waals surface area (Å²) in [4.78, 5) is 20.3. The molecule has 0 aliphatic rings. The van der Waals surface area contributed by atoms with E-state index in [0.29, 0.717) is 27.5 Å². The first-order chi connectivity index (χ1) is 9.65. The van der Waals surface area contributed by atoms with Crippen molar-refractivity contribution in [1.82, 2.24) is 9.97 Å². The van der Waals surface area contributed by atoms with Crippen molar-refractivity contribution in [2.24, 2.45) is 0 Å². The number of ether oxygens (including phenoxy) is 2. The van der Waals surface area contributed by atoms with Gasteiger partial charge >= 0.3 is 0 Å². The van der Waals surface area contributed by atoms with Crippen molar-refractivity contribution in [1.29, 1.82) is 0 Å². The third-order valence-corrected chi connectivity index (χ3v) is 2.93. The van der Waals surface area contributed by atoms with Crippen LogP contribution in [-0.2, 0) is 0 Å². The fraction of sp³-hybridized carbons (Fsp3) is 0.154. The number of carbonyl (C=O) groups excluding carboxylic acids is 1. The smallest absolute Gasteiger partial charge is 0.264 e. The van der Waals surface area contributed by atoms with Crippen molar-refractivity contribution in [2.75, 3.05) is 19.5 Å². The Morgan fingerprint density at radius 3 is 2.30 bits per heavy atom. The van der Waals surface area contributed by atoms with Crippen LogP contribution < -0.4 is 14.8 Å². The second-order valence-corrected chi connectivity index (χ2v) is 4.53. The van der Waals surface area contributed by atoms with Crippen molar-refractivity contribution in [2.45, 2.75) is 0 Å². The number of nitrogens with one attached hydrogen (secondary N) is 1. The molecular weight excluding hydrogens is 326 g/mol. The number of nitrogens with zero attached hydrogens (tertiary/aromatic N) is 2. The van der Waals surface area contributed by atoms with Gasteiger partial charge in [-0.05, 0) is 28.1 Å². The van der Waals surface area contributed by atoms with Gasteiger partial charge in [0.25, 0.3) is 5.91 Å². The van der Waals surface area contributed by atoms with E-state index in [-0.39, 0.29) is 5.91 Å². The van der Waals surface area contributed by atoms with Crippen LogP contribution in [0.5, 0.6) is 11.5 Å². The molecule has 1 aromatic heterocycles. The van der Waals surface area contributed by atoms with Gasteiger partial charge in [-0.2, -0.15) is 0 Å². The minimum absolute atomic E-state index is 0.308. The Kier molecular flexibility index (Phi) is 4.52. The molecule has 1 N–H and O–H groups in total. The summed E-state index contributed by atoms with van der Waals surface area (Å²) in [5.41, 5.74) is 0.308. The Morgan fingerprint density at radius 2 is 1.80 bits per heavy atom. The summed E-state index contributed by atoms with van der Waals surface area (Å²) < 4.78 is 11.0. The molecule has 0 fully saturated rings. The van der Waals surface area contributed by atoms with Crippen LogP contribution in [0.25, 0.3) is 0 Å². The van der Waals surface area contributed by atoms with Gasteiger partial charge in [0.15, 0.2) is 5.82 Å². The van der Waals surface area contributed by atoms with Gasteiger partial charge in [-0.3, -0.25) is 4.79 Å². The summed E-state index contributed by atoms with van der Waals surface area (Å²) in [7, 11) is 2.98. The Labute approximate surface area is 124 Å². The predicted molar refractivity (Wildman–Crippen MR) is 77.2 cm³/mol. The molecule has 20 heavy (non-hydrogen) atoms. The van der Waals surface area contributed by atoms with Crippen molar-refractivity contribution in [3.63, 3.8) is 0 Å². The zero-order chi connectivity index (χ0) is 14.5. The van der Waals surface area contributed by atoms with E-state index in [4.69, 9.17) is 9.47 Å². The van der Waals surface area contributed by atoms with E-state index >= 15 is 0 Å². The van der Waals surface area contributed by atoms with Crippen LogP contribution >= 0.6 is 15.9 Å². The maximum Gasteiger partial charge on any atom is 0.264 e. The van der Waals surface area contributed by atoms with Gasteiger partial charge in [-0.25, -0.2) is 9.97 Å². The Bertz CT molecular complexity index is 595. The summed E-state index contributed by atoms with van der Waals surface area (Å²) in [6.07, 6.45) is 2.94. The van der Waals surface area contributed by atoms with Crippen molar-refractivity contribution in [3.05, 3.63) is 40.8 Å². The second kappa shape index (κ2) is 6.33. The minimum atomic E-state index is -0.379. The fourth-order valence-electron chi connectivity index (χ4n) is 1.63. The molecule has 0 radical (unpaired) electrons. The van der Waals surface area contributed by atoms with Gasteiger partial charge in [-0.1, -0.05) is 6.07 Å². The molecule has 0 spiro atoms. The van der Waals surface area contributed by atoms with E-state index in [2.05, 4.69) is 31.2 Å². The molecule has 104 valence electrons. The summed E-state index contributed by atoms with van der Waals surface area (Å²) in [6.45, 7) is 0. The molecule has 7 heteroatoms. The zero-order valence-electron chi connectivity index (χ0n) is 10.9. The average molecular weight is 338 g/mol. The maximum absolute atomic E-state index is 12.3. The standard InChI is InChI=1S/C13H12BrN3O3/c1-19-8-4-3-5-9(20-2)12(8)13(18)17-11-7-15-10(14)6-16-11/h3-7H,1-2H3,(H,16,17,18). The van der Waals surface area contributed by atoms with Gasteiger partial charge in [0.2, 0.25) is 0 Å². The molecule has 0 aliphatic carbocycles. The highest BCUT2D eigenvalue weighted by molar-refractivity contribution is 9.10. The summed E-state index contributed by atoms with van der Waals surface area (Å²) in [5.74, 6) is 0.806. The highest BCUT2D eigenvalue weighted by Crippen LogP contribution is 2.28. The van der Waals surface area contributed by atoms with Gasteiger partial charge in [-0.15, -0.1) is 0 Å². The third-order valence-electron chi connectivity index (χ3n) is 2.52. The largest absolute Gasteiger partial charge is 0.496 e. The molecule has 0 unspecified atom stereocenters. The maximum atomic E-state index is 12.3. The summed E-state index contributed by atoms with van der Waals surface area (Å²) >= 11 is 3.18. The number of benzene rings is 1. The number of rotatable bonds is 4. The molecule has 0 bridgehead atoms. The van der Waals surface area contributed by atoms with E-state index in [9.17, 15) is 4.79 Å². The quantitative estimate of drug-likeness (QED) is 0.927. The Morgan fingerprint density at radius 1 is 1.15 bits per heavy atom. The van der Waals surface area contributed by atoms with Crippen LogP contribution in [0.3, 0.4) is 0 Å². The van der Waals surface area contributed by atoms with Crippen LogP contribution in [0.4, 0.5) is 5.82 Å². The molecule has 0 saturated carbocycles. The van der Waals surface area contributed by atoms with E-state index in [1.807, 2.05) is 0 Å². The highest BCUT2D eigenvalue weighted by atomic mass is 79.9. The van der Waals surface area contributed by atoms with Gasteiger partial charge in [0, 0.05) is 0 Å². The summed E-state index contributed by atoms with van der Waals surface area (Å²) in [5, 5.41) is 2.64. The minimum Gasteiger partial charge on any atom is -0.496 e. The van der Waals surface area contributed by atoms with Crippen LogP contribution in [0, 0.1) is 0 Å². The Balaban J connectivity index is 2.31. The molecule has 1 heterocycles. The highest BCUT2D eigenvalue weighted by Gasteiger charge is 2.18. The van der Waals surface area contributed by atoms with Crippen molar-refractivity contribution < 1.29 is 14.3 Å². The first-order valence-electron chi connectivity index (χ1n) is 5.65. The van der Waals surface area contributed by atoms with Gasteiger partial charge < -0.3 is 14.8 Å². The molecule has 1 amide bonds. The van der Waals surface area contributed by atoms with Crippen molar-refractivity contribution >= 4 is 27.7 Å². The van der Waals surface area contributed by atoms with E-state index < -0.39 is 0 Å². The zero-order valence-corrected chi connectivity index (χ0v) is 12.5.